The van der Waals surface area contributed by atoms with Gasteiger partial charge < -0.3 is 11.1 Å². The summed E-state index contributed by atoms with van der Waals surface area (Å²) in [6, 6.07) is 8.13. The van der Waals surface area contributed by atoms with Crippen molar-refractivity contribution in [3.63, 3.8) is 0 Å². The molecule has 6 heteroatoms. The Morgan fingerprint density at radius 1 is 1.47 bits per heavy atom. The van der Waals surface area contributed by atoms with Crippen LogP contribution in [0, 0.1) is 0 Å². The summed E-state index contributed by atoms with van der Waals surface area (Å²) in [5.74, 6) is 0.411. The SMILES string of the molecule is CCc1cccc(NC(N)=NCCn2cncn2)c1. The zero-order valence-electron chi connectivity index (χ0n) is 11.0. The highest BCUT2D eigenvalue weighted by molar-refractivity contribution is 5.92. The number of hydrogen-bond acceptors (Lipinski definition) is 3. The van der Waals surface area contributed by atoms with E-state index in [4.69, 9.17) is 5.73 Å². The second-order valence-electron chi connectivity index (χ2n) is 4.10. The first-order valence-electron chi connectivity index (χ1n) is 6.26. The van der Waals surface area contributed by atoms with Crippen molar-refractivity contribution in [2.24, 2.45) is 10.7 Å². The third kappa shape index (κ3) is 4.09. The zero-order chi connectivity index (χ0) is 13.5. The van der Waals surface area contributed by atoms with Crippen LogP contribution in [0.5, 0.6) is 0 Å². The average Bonchev–Trinajstić information content (AvgIpc) is 2.92. The van der Waals surface area contributed by atoms with Crippen LogP contribution in [0.4, 0.5) is 5.69 Å². The Labute approximate surface area is 112 Å². The molecule has 19 heavy (non-hydrogen) atoms. The molecule has 0 aliphatic carbocycles. The first kappa shape index (κ1) is 13.1. The molecule has 2 aromatic rings. The lowest BCUT2D eigenvalue weighted by atomic mass is 10.1. The van der Waals surface area contributed by atoms with Crippen molar-refractivity contribution in [2.45, 2.75) is 19.9 Å². The quantitative estimate of drug-likeness (QED) is 0.625. The summed E-state index contributed by atoms with van der Waals surface area (Å²) >= 11 is 0. The Bertz CT molecular complexity index is 532. The molecule has 0 atom stereocenters. The van der Waals surface area contributed by atoms with Crippen molar-refractivity contribution in [2.75, 3.05) is 11.9 Å². The third-order valence-corrected chi connectivity index (χ3v) is 2.69. The van der Waals surface area contributed by atoms with Gasteiger partial charge in [-0.3, -0.25) is 9.67 Å². The van der Waals surface area contributed by atoms with Crippen LogP contribution in [0.3, 0.4) is 0 Å². The molecule has 0 saturated heterocycles. The highest BCUT2D eigenvalue weighted by Crippen LogP contribution is 2.10. The number of hydrogen-bond donors (Lipinski definition) is 2. The predicted molar refractivity (Wildman–Crippen MR) is 76.0 cm³/mol. The summed E-state index contributed by atoms with van der Waals surface area (Å²) in [7, 11) is 0. The van der Waals surface area contributed by atoms with Crippen LogP contribution >= 0.6 is 0 Å². The van der Waals surface area contributed by atoms with Crippen LogP contribution in [0.1, 0.15) is 12.5 Å². The molecular formula is C13H18N6. The maximum Gasteiger partial charge on any atom is 0.193 e. The van der Waals surface area contributed by atoms with Crippen LogP contribution in [0.25, 0.3) is 0 Å². The third-order valence-electron chi connectivity index (χ3n) is 2.69. The lowest BCUT2D eigenvalue weighted by Crippen LogP contribution is -2.23. The van der Waals surface area contributed by atoms with Crippen molar-refractivity contribution < 1.29 is 0 Å². The number of nitrogens with two attached hydrogens (primary N) is 1. The number of guanidine groups is 1. The van der Waals surface area contributed by atoms with E-state index in [1.807, 2.05) is 12.1 Å². The van der Waals surface area contributed by atoms with Crippen molar-refractivity contribution in [3.05, 3.63) is 42.5 Å². The van der Waals surface area contributed by atoms with Crippen LogP contribution < -0.4 is 11.1 Å². The van der Waals surface area contributed by atoms with Gasteiger partial charge in [-0.25, -0.2) is 4.98 Å². The minimum absolute atomic E-state index is 0.411. The minimum Gasteiger partial charge on any atom is -0.370 e. The van der Waals surface area contributed by atoms with Gasteiger partial charge in [0.1, 0.15) is 12.7 Å². The first-order valence-corrected chi connectivity index (χ1v) is 6.26. The van der Waals surface area contributed by atoms with Gasteiger partial charge >= 0.3 is 0 Å². The number of nitrogens with one attached hydrogen (secondary N) is 1. The van der Waals surface area contributed by atoms with E-state index in [1.165, 1.54) is 11.9 Å². The standard InChI is InChI=1S/C13H18N6/c1-2-11-4-3-5-12(8-11)18-13(14)16-6-7-19-10-15-9-17-19/h3-5,8-10H,2,6-7H2,1H3,(H3,14,16,18). The highest BCUT2D eigenvalue weighted by atomic mass is 15.3. The summed E-state index contributed by atoms with van der Waals surface area (Å²) in [6.45, 7) is 3.35. The molecule has 0 amide bonds. The molecule has 0 unspecified atom stereocenters. The second-order valence-corrected chi connectivity index (χ2v) is 4.10. The molecule has 0 aliphatic rings. The maximum absolute atomic E-state index is 5.83. The fraction of sp³-hybridized carbons (Fsp3) is 0.308. The lowest BCUT2D eigenvalue weighted by molar-refractivity contribution is 0.624. The number of anilines is 1. The van der Waals surface area contributed by atoms with Gasteiger partial charge in [0, 0.05) is 5.69 Å². The van der Waals surface area contributed by atoms with E-state index >= 15 is 0 Å². The summed E-state index contributed by atoms with van der Waals surface area (Å²) in [5.41, 5.74) is 8.05. The topological polar surface area (TPSA) is 81.1 Å². The predicted octanol–water partition coefficient (Wildman–Crippen LogP) is 1.27. The van der Waals surface area contributed by atoms with Crippen LogP contribution in [0.2, 0.25) is 0 Å². The molecule has 3 N–H and O–H groups in total. The maximum atomic E-state index is 5.83. The van der Waals surface area contributed by atoms with Gasteiger partial charge in [0.15, 0.2) is 5.96 Å². The largest absolute Gasteiger partial charge is 0.370 e. The number of benzene rings is 1. The molecule has 6 nitrogen and oxygen atoms in total. The van der Waals surface area contributed by atoms with E-state index in [2.05, 4.69) is 39.4 Å². The van der Waals surface area contributed by atoms with Crippen LogP contribution in [-0.4, -0.2) is 27.3 Å². The van der Waals surface area contributed by atoms with Gasteiger partial charge in [-0.05, 0) is 24.1 Å². The number of nitrogens with zero attached hydrogens (tertiary/aromatic N) is 4. The van der Waals surface area contributed by atoms with Gasteiger partial charge in [-0.15, -0.1) is 0 Å². The van der Waals surface area contributed by atoms with Crippen molar-refractivity contribution in [1.82, 2.24) is 14.8 Å². The summed E-state index contributed by atoms with van der Waals surface area (Å²) in [5, 5.41) is 7.07. The number of aliphatic imine (C=N–C) groups is 1. The molecule has 0 spiro atoms. The normalized spacial score (nSPS) is 11.5. The molecule has 0 fully saturated rings. The van der Waals surface area contributed by atoms with Gasteiger partial charge in [0.2, 0.25) is 0 Å². The molecule has 2 rings (SSSR count). The Morgan fingerprint density at radius 2 is 2.37 bits per heavy atom. The minimum atomic E-state index is 0.411. The summed E-state index contributed by atoms with van der Waals surface area (Å²) in [6.07, 6.45) is 4.16. The van der Waals surface area contributed by atoms with Gasteiger partial charge in [0.05, 0.1) is 13.1 Å². The van der Waals surface area contributed by atoms with Gasteiger partial charge in [-0.1, -0.05) is 19.1 Å². The van der Waals surface area contributed by atoms with Crippen LogP contribution in [0.15, 0.2) is 41.9 Å². The molecule has 100 valence electrons. The molecule has 1 heterocycles. The van der Waals surface area contributed by atoms with Crippen molar-refractivity contribution >= 4 is 11.6 Å². The fourth-order valence-electron chi connectivity index (χ4n) is 1.68. The van der Waals surface area contributed by atoms with Crippen molar-refractivity contribution in [1.29, 1.82) is 0 Å². The first-order chi connectivity index (χ1) is 9.28. The second kappa shape index (κ2) is 6.53. The number of aromatic nitrogens is 3. The molecule has 1 aromatic heterocycles. The Balaban J connectivity index is 1.87. The average molecular weight is 258 g/mol. The zero-order valence-corrected chi connectivity index (χ0v) is 11.0. The fourth-order valence-corrected chi connectivity index (χ4v) is 1.68. The van der Waals surface area contributed by atoms with E-state index in [0.717, 1.165) is 12.1 Å². The van der Waals surface area contributed by atoms with E-state index in [0.29, 0.717) is 19.0 Å². The van der Waals surface area contributed by atoms with Gasteiger partial charge in [0.25, 0.3) is 0 Å². The van der Waals surface area contributed by atoms with E-state index in [1.54, 1.807) is 11.0 Å². The monoisotopic (exact) mass is 258 g/mol. The van der Waals surface area contributed by atoms with E-state index < -0.39 is 0 Å². The molecule has 0 bridgehead atoms. The Kier molecular flexibility index (Phi) is 4.49. The van der Waals surface area contributed by atoms with Crippen molar-refractivity contribution in [3.8, 4) is 0 Å². The molecule has 0 radical (unpaired) electrons. The lowest BCUT2D eigenvalue weighted by Gasteiger charge is -2.07. The molecule has 0 saturated carbocycles. The smallest absolute Gasteiger partial charge is 0.193 e. The molecule has 0 aliphatic heterocycles. The number of aryl methyl sites for hydroxylation is 1. The van der Waals surface area contributed by atoms with Gasteiger partial charge in [-0.2, -0.15) is 5.10 Å². The summed E-state index contributed by atoms with van der Waals surface area (Å²) < 4.78 is 1.72. The molecular weight excluding hydrogens is 240 g/mol. The Hall–Kier alpha value is -2.37. The van der Waals surface area contributed by atoms with Crippen LogP contribution in [-0.2, 0) is 13.0 Å². The Morgan fingerprint density at radius 3 is 3.11 bits per heavy atom. The van der Waals surface area contributed by atoms with E-state index in [9.17, 15) is 0 Å². The molecule has 1 aromatic carbocycles. The highest BCUT2D eigenvalue weighted by Gasteiger charge is 1.96. The van der Waals surface area contributed by atoms with E-state index in [-0.39, 0.29) is 0 Å². The number of rotatable bonds is 5. The summed E-state index contributed by atoms with van der Waals surface area (Å²) in [4.78, 5) is 8.11.